The Bertz CT molecular complexity index is 1740. The van der Waals surface area contributed by atoms with Crippen LogP contribution in [0.5, 0.6) is 0 Å². The van der Waals surface area contributed by atoms with Crippen molar-refractivity contribution in [2.75, 3.05) is 5.75 Å². The molecule has 1 aliphatic rings. The van der Waals surface area contributed by atoms with Crippen molar-refractivity contribution in [2.45, 2.75) is 44.1 Å². The molecule has 2 amide bonds. The predicted octanol–water partition coefficient (Wildman–Crippen LogP) is 6.29. The van der Waals surface area contributed by atoms with E-state index in [2.05, 4.69) is 58.8 Å². The van der Waals surface area contributed by atoms with Crippen LogP contribution in [-0.2, 0) is 24.3 Å². The van der Waals surface area contributed by atoms with Crippen LogP contribution in [0.25, 0.3) is 0 Å². The average Bonchev–Trinajstić information content (AvgIpc) is 3.83. The van der Waals surface area contributed by atoms with Crippen LogP contribution >= 0.6 is 23.1 Å². The second-order valence-electron chi connectivity index (χ2n) is 10.5. The third-order valence-corrected chi connectivity index (χ3v) is 9.33. The van der Waals surface area contributed by atoms with Gasteiger partial charge in [0.05, 0.1) is 28.9 Å². The van der Waals surface area contributed by atoms with Gasteiger partial charge >= 0.3 is 0 Å². The van der Waals surface area contributed by atoms with E-state index in [0.29, 0.717) is 29.5 Å². The summed E-state index contributed by atoms with van der Waals surface area (Å²) in [6.45, 7) is 2.89. The number of benzene rings is 3. The van der Waals surface area contributed by atoms with E-state index >= 15 is 0 Å². The standard InChI is InChI=1S/C34H32N6O2S2/c1-24-14-16-26(17-15-24)29-21-28(30-13-8-20-43-30)38-40(29)32(41)23-44-34-37-36-31(22-35-33(42)27-11-6-3-7-12-27)39(34)19-18-25-9-4-2-5-10-25/h2-17,20,29H,18-19,21-23H2,1H3,(H,35,42). The number of nitrogens with zero attached hydrogens (tertiary/aromatic N) is 5. The van der Waals surface area contributed by atoms with Gasteiger partial charge in [-0.25, -0.2) is 5.01 Å². The van der Waals surface area contributed by atoms with Crippen molar-refractivity contribution in [1.82, 2.24) is 25.1 Å². The van der Waals surface area contributed by atoms with E-state index < -0.39 is 0 Å². The zero-order chi connectivity index (χ0) is 30.3. The lowest BCUT2D eigenvalue weighted by Gasteiger charge is -2.22. The van der Waals surface area contributed by atoms with Gasteiger partial charge in [0.1, 0.15) is 0 Å². The van der Waals surface area contributed by atoms with Crippen molar-refractivity contribution in [3.05, 3.63) is 135 Å². The van der Waals surface area contributed by atoms with Crippen molar-refractivity contribution in [3.63, 3.8) is 0 Å². The molecular weight excluding hydrogens is 589 g/mol. The maximum absolute atomic E-state index is 13.7. The van der Waals surface area contributed by atoms with E-state index in [0.717, 1.165) is 22.6 Å². The summed E-state index contributed by atoms with van der Waals surface area (Å²) in [4.78, 5) is 27.5. The van der Waals surface area contributed by atoms with E-state index in [9.17, 15) is 9.59 Å². The summed E-state index contributed by atoms with van der Waals surface area (Å²) in [5.74, 6) is 0.521. The first-order chi connectivity index (χ1) is 21.5. The highest BCUT2D eigenvalue weighted by Crippen LogP contribution is 2.35. The number of amides is 2. The summed E-state index contributed by atoms with van der Waals surface area (Å²) in [5, 5.41) is 20.9. The fraction of sp³-hybridized carbons (Fsp3) is 0.206. The molecule has 1 unspecified atom stereocenters. The second kappa shape index (κ2) is 13.8. The fourth-order valence-corrected chi connectivity index (χ4v) is 6.65. The first kappa shape index (κ1) is 29.5. The number of nitrogens with one attached hydrogen (secondary N) is 1. The quantitative estimate of drug-likeness (QED) is 0.175. The molecule has 0 saturated carbocycles. The predicted molar refractivity (Wildman–Crippen MR) is 175 cm³/mol. The zero-order valence-corrected chi connectivity index (χ0v) is 25.9. The number of aromatic nitrogens is 3. The van der Waals surface area contributed by atoms with Gasteiger partial charge in [-0.05, 0) is 48.1 Å². The molecule has 222 valence electrons. The highest BCUT2D eigenvalue weighted by atomic mass is 32.2. The maximum atomic E-state index is 13.7. The molecule has 3 aromatic carbocycles. The number of carbonyl (C=O) groups excluding carboxylic acids is 2. The normalized spacial score (nSPS) is 14.4. The van der Waals surface area contributed by atoms with Crippen LogP contribution in [0.2, 0.25) is 0 Å². The second-order valence-corrected chi connectivity index (χ2v) is 12.4. The van der Waals surface area contributed by atoms with Crippen molar-refractivity contribution >= 4 is 40.6 Å². The summed E-state index contributed by atoms with van der Waals surface area (Å²) in [6.07, 6.45) is 1.43. The molecule has 0 fully saturated rings. The summed E-state index contributed by atoms with van der Waals surface area (Å²) in [7, 11) is 0. The topological polar surface area (TPSA) is 92.5 Å². The van der Waals surface area contributed by atoms with Gasteiger partial charge in [0.25, 0.3) is 11.8 Å². The Labute approximate surface area is 264 Å². The molecule has 10 heteroatoms. The molecule has 2 aromatic heterocycles. The van der Waals surface area contributed by atoms with E-state index in [1.807, 2.05) is 58.5 Å². The number of aryl methyl sites for hydroxylation is 2. The van der Waals surface area contributed by atoms with Crippen LogP contribution < -0.4 is 5.32 Å². The molecule has 5 aromatic rings. The third kappa shape index (κ3) is 6.98. The SMILES string of the molecule is Cc1ccc(C2CC(c3cccs3)=NN2C(=O)CSc2nnc(CNC(=O)c3ccccc3)n2CCc2ccccc2)cc1. The summed E-state index contributed by atoms with van der Waals surface area (Å²) >= 11 is 2.98. The molecule has 1 atom stereocenters. The Hall–Kier alpha value is -4.54. The number of thiophene rings is 1. The maximum Gasteiger partial charge on any atom is 0.253 e. The minimum absolute atomic E-state index is 0.0938. The minimum Gasteiger partial charge on any atom is -0.345 e. The van der Waals surface area contributed by atoms with Crippen LogP contribution in [-0.4, -0.2) is 43.1 Å². The van der Waals surface area contributed by atoms with Gasteiger partial charge in [-0.1, -0.05) is 96.2 Å². The van der Waals surface area contributed by atoms with E-state index in [-0.39, 0.29) is 30.2 Å². The van der Waals surface area contributed by atoms with Crippen molar-refractivity contribution in [1.29, 1.82) is 0 Å². The summed E-state index contributed by atoms with van der Waals surface area (Å²) in [5.41, 5.74) is 4.92. The van der Waals surface area contributed by atoms with Gasteiger partial charge in [0.2, 0.25) is 0 Å². The number of hydrogen-bond acceptors (Lipinski definition) is 7. The molecule has 1 aliphatic heterocycles. The first-order valence-electron chi connectivity index (χ1n) is 14.5. The van der Waals surface area contributed by atoms with Crippen molar-refractivity contribution < 1.29 is 9.59 Å². The number of carbonyl (C=O) groups is 2. The van der Waals surface area contributed by atoms with E-state index in [1.165, 1.54) is 22.9 Å². The van der Waals surface area contributed by atoms with Gasteiger partial charge in [-0.2, -0.15) is 5.10 Å². The Balaban J connectivity index is 1.19. The van der Waals surface area contributed by atoms with Gasteiger partial charge in [0.15, 0.2) is 11.0 Å². The molecule has 0 radical (unpaired) electrons. The molecular formula is C34H32N6O2S2. The molecule has 44 heavy (non-hydrogen) atoms. The van der Waals surface area contributed by atoms with E-state index in [4.69, 9.17) is 5.10 Å². The Kier molecular flexibility index (Phi) is 9.28. The summed E-state index contributed by atoms with van der Waals surface area (Å²) in [6, 6.07) is 31.5. The van der Waals surface area contributed by atoms with Crippen LogP contribution in [0.3, 0.4) is 0 Å². The molecule has 0 spiro atoms. The average molecular weight is 621 g/mol. The van der Waals surface area contributed by atoms with Crippen LogP contribution in [0, 0.1) is 6.92 Å². The monoisotopic (exact) mass is 620 g/mol. The third-order valence-electron chi connectivity index (χ3n) is 7.46. The lowest BCUT2D eigenvalue weighted by Crippen LogP contribution is -2.28. The van der Waals surface area contributed by atoms with Crippen LogP contribution in [0.15, 0.2) is 113 Å². The molecule has 6 rings (SSSR count). The molecule has 1 N–H and O–H groups in total. The minimum atomic E-state index is -0.178. The Morgan fingerprint density at radius 1 is 0.932 bits per heavy atom. The lowest BCUT2D eigenvalue weighted by atomic mass is 10.00. The Morgan fingerprint density at radius 2 is 1.68 bits per heavy atom. The molecule has 3 heterocycles. The Morgan fingerprint density at radius 3 is 2.41 bits per heavy atom. The lowest BCUT2D eigenvalue weighted by molar-refractivity contribution is -0.130. The largest absolute Gasteiger partial charge is 0.345 e. The van der Waals surface area contributed by atoms with Crippen LogP contribution in [0.4, 0.5) is 0 Å². The summed E-state index contributed by atoms with van der Waals surface area (Å²) < 4.78 is 2.00. The molecule has 0 saturated heterocycles. The van der Waals surface area contributed by atoms with Gasteiger partial charge < -0.3 is 9.88 Å². The van der Waals surface area contributed by atoms with Crippen molar-refractivity contribution in [2.24, 2.45) is 5.10 Å². The number of hydrazone groups is 1. The smallest absolute Gasteiger partial charge is 0.253 e. The number of rotatable bonds is 11. The molecule has 0 aliphatic carbocycles. The van der Waals surface area contributed by atoms with Crippen LogP contribution in [0.1, 0.15) is 50.2 Å². The first-order valence-corrected chi connectivity index (χ1v) is 16.3. The highest BCUT2D eigenvalue weighted by molar-refractivity contribution is 7.99. The number of thioether (sulfide) groups is 1. The van der Waals surface area contributed by atoms with Gasteiger partial charge in [0, 0.05) is 18.5 Å². The molecule has 0 bridgehead atoms. The van der Waals surface area contributed by atoms with E-state index in [1.54, 1.807) is 28.5 Å². The fourth-order valence-electron chi connectivity index (χ4n) is 5.09. The zero-order valence-electron chi connectivity index (χ0n) is 24.3. The highest BCUT2D eigenvalue weighted by Gasteiger charge is 2.33. The van der Waals surface area contributed by atoms with Gasteiger partial charge in [-0.3, -0.25) is 9.59 Å². The number of hydrogen-bond donors (Lipinski definition) is 1. The molecule has 8 nitrogen and oxygen atoms in total. The van der Waals surface area contributed by atoms with Crippen molar-refractivity contribution in [3.8, 4) is 0 Å². The van der Waals surface area contributed by atoms with Gasteiger partial charge in [-0.15, -0.1) is 21.5 Å².